The van der Waals surface area contributed by atoms with Gasteiger partial charge in [0.1, 0.15) is 6.04 Å². The van der Waals surface area contributed by atoms with E-state index in [1.54, 1.807) is 42.5 Å². The monoisotopic (exact) mass is 498 g/mol. The molecule has 0 saturated carbocycles. The summed E-state index contributed by atoms with van der Waals surface area (Å²) in [6.07, 6.45) is -4.23. The molecule has 0 spiro atoms. The van der Waals surface area contributed by atoms with Gasteiger partial charge < -0.3 is 16.2 Å². The van der Waals surface area contributed by atoms with Gasteiger partial charge in [-0.1, -0.05) is 62.4 Å². The van der Waals surface area contributed by atoms with E-state index in [4.69, 9.17) is 10.8 Å². The molecule has 8 heteroatoms. The van der Waals surface area contributed by atoms with Crippen LogP contribution in [0.5, 0.6) is 0 Å². The van der Waals surface area contributed by atoms with Crippen LogP contribution in [-0.4, -0.2) is 29.6 Å². The van der Waals surface area contributed by atoms with Crippen molar-refractivity contribution in [3.05, 3.63) is 95.1 Å². The lowest BCUT2D eigenvalue weighted by Crippen LogP contribution is -2.32. The number of amides is 1. The maximum atomic E-state index is 13.1. The van der Waals surface area contributed by atoms with Crippen molar-refractivity contribution in [3.63, 3.8) is 0 Å². The lowest BCUT2D eigenvalue weighted by Gasteiger charge is -2.22. The van der Waals surface area contributed by atoms with Gasteiger partial charge >= 0.3 is 12.1 Å². The molecule has 3 aromatic rings. The number of carboxylic acids is 1. The summed E-state index contributed by atoms with van der Waals surface area (Å²) in [4.78, 5) is 23.6. The number of nitrogens with two attached hydrogens (primary N) is 1. The van der Waals surface area contributed by atoms with E-state index in [0.29, 0.717) is 23.2 Å². The van der Waals surface area contributed by atoms with Gasteiger partial charge in [-0.25, -0.2) is 0 Å². The summed E-state index contributed by atoms with van der Waals surface area (Å²) in [6.45, 7) is 4.46. The molecule has 4 N–H and O–H groups in total. The van der Waals surface area contributed by atoms with Crippen molar-refractivity contribution < 1.29 is 27.9 Å². The van der Waals surface area contributed by atoms with Gasteiger partial charge in [0, 0.05) is 18.0 Å². The van der Waals surface area contributed by atoms with E-state index < -0.39 is 23.8 Å². The average Bonchev–Trinajstić information content (AvgIpc) is 2.84. The molecule has 0 fully saturated rings. The van der Waals surface area contributed by atoms with Crippen LogP contribution in [0.15, 0.2) is 72.8 Å². The summed E-state index contributed by atoms with van der Waals surface area (Å²) in [6, 6.07) is 18.2. The third kappa shape index (κ3) is 6.95. The Labute approximate surface area is 208 Å². The van der Waals surface area contributed by atoms with Crippen LogP contribution in [0.2, 0.25) is 0 Å². The maximum Gasteiger partial charge on any atom is 0.416 e. The Balaban J connectivity index is 1.67. The Morgan fingerprint density at radius 3 is 2.14 bits per heavy atom. The summed E-state index contributed by atoms with van der Waals surface area (Å²) in [7, 11) is 0. The van der Waals surface area contributed by atoms with Crippen LogP contribution in [0.3, 0.4) is 0 Å². The molecule has 0 bridgehead atoms. The number of carbonyl (C=O) groups excluding carboxylic acids is 1. The second-order valence-corrected chi connectivity index (χ2v) is 9.11. The first-order chi connectivity index (χ1) is 17.0. The third-order valence-corrected chi connectivity index (χ3v) is 6.14. The van der Waals surface area contributed by atoms with Crippen molar-refractivity contribution in [1.29, 1.82) is 0 Å². The number of aliphatic carboxylic acids is 1. The molecule has 0 saturated heterocycles. The van der Waals surface area contributed by atoms with Crippen LogP contribution in [0, 0.1) is 5.92 Å². The van der Waals surface area contributed by atoms with Crippen LogP contribution < -0.4 is 11.1 Å². The van der Waals surface area contributed by atoms with Crippen LogP contribution in [0.25, 0.3) is 11.1 Å². The Kier molecular flexibility index (Phi) is 8.53. The van der Waals surface area contributed by atoms with Crippen molar-refractivity contribution >= 4 is 11.9 Å². The molecule has 0 aliphatic heterocycles. The lowest BCUT2D eigenvalue weighted by atomic mass is 9.87. The van der Waals surface area contributed by atoms with Crippen LogP contribution in [0.1, 0.15) is 46.8 Å². The van der Waals surface area contributed by atoms with Crippen molar-refractivity contribution in [2.45, 2.75) is 38.4 Å². The van der Waals surface area contributed by atoms with Crippen molar-refractivity contribution in [2.24, 2.45) is 11.7 Å². The number of rotatable bonds is 9. The van der Waals surface area contributed by atoms with Gasteiger partial charge in [-0.05, 0) is 58.9 Å². The SMILES string of the molecule is CC(C)[C@@H](CNC(=O)c1ccc(C[C@H](N)C(=O)O)cc1)c1ccc(-c2cccc(C(F)(F)F)c2)cc1. The molecule has 0 unspecified atom stereocenters. The number of halogens is 3. The summed E-state index contributed by atoms with van der Waals surface area (Å²) >= 11 is 0. The number of nitrogens with one attached hydrogen (secondary N) is 1. The number of hydrogen-bond acceptors (Lipinski definition) is 3. The van der Waals surface area contributed by atoms with Crippen molar-refractivity contribution in [2.75, 3.05) is 6.54 Å². The molecule has 0 heterocycles. The number of hydrogen-bond donors (Lipinski definition) is 3. The lowest BCUT2D eigenvalue weighted by molar-refractivity contribution is -0.139. The zero-order valence-electron chi connectivity index (χ0n) is 20.0. The number of alkyl halides is 3. The van der Waals surface area contributed by atoms with Crippen LogP contribution >= 0.6 is 0 Å². The van der Waals surface area contributed by atoms with Gasteiger partial charge in [0.05, 0.1) is 5.56 Å². The van der Waals surface area contributed by atoms with Gasteiger partial charge in [-0.3, -0.25) is 9.59 Å². The van der Waals surface area contributed by atoms with Crippen LogP contribution in [-0.2, 0) is 17.4 Å². The summed E-state index contributed by atoms with van der Waals surface area (Å²) in [5, 5.41) is 11.9. The molecule has 0 radical (unpaired) electrons. The van der Waals surface area contributed by atoms with E-state index in [0.717, 1.165) is 23.3 Å². The Hall–Kier alpha value is -3.65. The molecule has 190 valence electrons. The number of carboxylic acid groups (broad SMARTS) is 1. The van der Waals surface area contributed by atoms with Crippen molar-refractivity contribution in [3.8, 4) is 11.1 Å². The minimum Gasteiger partial charge on any atom is -0.480 e. The zero-order valence-corrected chi connectivity index (χ0v) is 20.0. The second kappa shape index (κ2) is 11.4. The normalized spacial score (nSPS) is 13.3. The predicted molar refractivity (Wildman–Crippen MR) is 133 cm³/mol. The van der Waals surface area contributed by atoms with Gasteiger partial charge in [-0.2, -0.15) is 13.2 Å². The first-order valence-corrected chi connectivity index (χ1v) is 11.6. The fourth-order valence-corrected chi connectivity index (χ4v) is 3.97. The van der Waals surface area contributed by atoms with Crippen LogP contribution in [0.4, 0.5) is 13.2 Å². The fourth-order valence-electron chi connectivity index (χ4n) is 3.97. The number of benzene rings is 3. The molecule has 0 aliphatic rings. The van der Waals surface area contributed by atoms with Gasteiger partial charge in [0.25, 0.3) is 5.91 Å². The van der Waals surface area contributed by atoms with E-state index in [1.807, 2.05) is 26.0 Å². The minimum atomic E-state index is -4.40. The zero-order chi connectivity index (χ0) is 26.5. The Morgan fingerprint density at radius 1 is 0.944 bits per heavy atom. The first-order valence-electron chi connectivity index (χ1n) is 11.6. The Bertz CT molecular complexity index is 1190. The maximum absolute atomic E-state index is 13.1. The first kappa shape index (κ1) is 26.9. The highest BCUT2D eigenvalue weighted by Crippen LogP contribution is 2.33. The Morgan fingerprint density at radius 2 is 1.58 bits per heavy atom. The summed E-state index contributed by atoms with van der Waals surface area (Å²) in [5.74, 6) is -1.14. The summed E-state index contributed by atoms with van der Waals surface area (Å²) < 4.78 is 39.2. The molecular weight excluding hydrogens is 469 g/mol. The van der Waals surface area contributed by atoms with Gasteiger partial charge in [-0.15, -0.1) is 0 Å². The molecule has 1 amide bonds. The second-order valence-electron chi connectivity index (χ2n) is 9.11. The molecule has 2 atom stereocenters. The molecule has 36 heavy (non-hydrogen) atoms. The van der Waals surface area contributed by atoms with E-state index in [9.17, 15) is 22.8 Å². The quantitative estimate of drug-likeness (QED) is 0.363. The smallest absolute Gasteiger partial charge is 0.416 e. The highest BCUT2D eigenvalue weighted by Gasteiger charge is 2.30. The molecule has 0 aliphatic carbocycles. The van der Waals surface area contributed by atoms with Crippen molar-refractivity contribution in [1.82, 2.24) is 5.32 Å². The minimum absolute atomic E-state index is 0.00246. The van der Waals surface area contributed by atoms with E-state index in [1.165, 1.54) is 6.07 Å². The predicted octanol–water partition coefficient (Wildman–Crippen LogP) is 5.50. The van der Waals surface area contributed by atoms with E-state index in [2.05, 4.69) is 5.32 Å². The highest BCUT2D eigenvalue weighted by atomic mass is 19.4. The molecule has 3 aromatic carbocycles. The fraction of sp³-hybridized carbons (Fsp3) is 0.286. The number of carbonyl (C=O) groups is 2. The largest absolute Gasteiger partial charge is 0.480 e. The standard InChI is InChI=1S/C28H29F3N2O3/c1-17(2)24(16-33-26(34)21-8-6-18(7-9-21)14-25(32)27(35)36)20-12-10-19(11-13-20)22-4-3-5-23(15-22)28(29,30)31/h3-13,15,17,24-25H,14,16,32H2,1-2H3,(H,33,34)(H,35,36)/t24-,25+/m1/s1. The molecule has 0 aromatic heterocycles. The van der Waals surface area contributed by atoms with Gasteiger partial charge in [0.2, 0.25) is 0 Å². The molecule has 5 nitrogen and oxygen atoms in total. The highest BCUT2D eigenvalue weighted by molar-refractivity contribution is 5.94. The van der Waals surface area contributed by atoms with Gasteiger partial charge in [0.15, 0.2) is 0 Å². The molecular formula is C28H29F3N2O3. The average molecular weight is 499 g/mol. The topological polar surface area (TPSA) is 92.4 Å². The summed E-state index contributed by atoms with van der Waals surface area (Å²) in [5.41, 5.74) is 8.17. The van der Waals surface area contributed by atoms with E-state index in [-0.39, 0.29) is 24.2 Å². The van der Waals surface area contributed by atoms with E-state index >= 15 is 0 Å². The molecule has 3 rings (SSSR count). The third-order valence-electron chi connectivity index (χ3n) is 6.14.